The van der Waals surface area contributed by atoms with Gasteiger partial charge in [-0.2, -0.15) is 5.10 Å². The van der Waals surface area contributed by atoms with E-state index in [1.165, 1.54) is 13.0 Å². The first-order valence-corrected chi connectivity index (χ1v) is 8.98. The zero-order chi connectivity index (χ0) is 21.0. The fraction of sp³-hybridized carbons (Fsp3) is 0.190. The Kier molecular flexibility index (Phi) is 6.01. The number of carbonyl (C=O) groups is 1. The van der Waals surface area contributed by atoms with Crippen LogP contribution in [0.25, 0.3) is 11.3 Å². The largest absolute Gasteiger partial charge is 0.494 e. The molecule has 3 rings (SSSR count). The molecule has 0 aliphatic heterocycles. The highest BCUT2D eigenvalue weighted by atomic mass is 19.1. The Bertz CT molecular complexity index is 1080. The van der Waals surface area contributed by atoms with Crippen molar-refractivity contribution in [2.24, 2.45) is 0 Å². The van der Waals surface area contributed by atoms with Gasteiger partial charge in [-0.25, -0.2) is 13.5 Å². The van der Waals surface area contributed by atoms with Crippen LogP contribution in [0.5, 0.6) is 5.75 Å². The van der Waals surface area contributed by atoms with Gasteiger partial charge in [-0.05, 0) is 56.3 Å². The van der Waals surface area contributed by atoms with E-state index in [2.05, 4.69) is 10.4 Å². The highest BCUT2D eigenvalue weighted by Crippen LogP contribution is 2.21. The lowest BCUT2D eigenvalue weighted by Gasteiger charge is -2.15. The van der Waals surface area contributed by atoms with Crippen LogP contribution in [0.15, 0.2) is 59.4 Å². The average Bonchev–Trinajstić information content (AvgIpc) is 2.71. The summed E-state index contributed by atoms with van der Waals surface area (Å²) in [6.45, 7) is 3.90. The molecular formula is C21H19F2N3O3. The molecule has 1 heterocycles. The topological polar surface area (TPSA) is 73.2 Å². The predicted octanol–water partition coefficient (Wildman–Crippen LogP) is 3.79. The quantitative estimate of drug-likeness (QED) is 0.685. The number of halogens is 2. The molecule has 1 atom stereocenters. The summed E-state index contributed by atoms with van der Waals surface area (Å²) < 4.78 is 33.2. The van der Waals surface area contributed by atoms with Gasteiger partial charge in [0.05, 0.1) is 18.0 Å². The zero-order valence-corrected chi connectivity index (χ0v) is 15.9. The molecule has 0 aliphatic carbocycles. The molecule has 2 aromatic carbocycles. The number of carbonyl (C=O) groups excluding carboxylic acids is 1. The van der Waals surface area contributed by atoms with Crippen molar-refractivity contribution in [2.75, 3.05) is 11.9 Å². The first-order valence-electron chi connectivity index (χ1n) is 8.98. The Morgan fingerprint density at radius 1 is 1.14 bits per heavy atom. The summed E-state index contributed by atoms with van der Waals surface area (Å²) in [5.74, 6) is -1.61. The number of aromatic nitrogens is 2. The van der Waals surface area contributed by atoms with E-state index in [4.69, 9.17) is 4.74 Å². The summed E-state index contributed by atoms with van der Waals surface area (Å²) in [7, 11) is 0. The first-order chi connectivity index (χ1) is 13.9. The molecule has 0 fully saturated rings. The normalized spacial score (nSPS) is 11.7. The van der Waals surface area contributed by atoms with Gasteiger partial charge in [0, 0.05) is 17.7 Å². The average molecular weight is 399 g/mol. The highest BCUT2D eigenvalue weighted by Gasteiger charge is 2.19. The molecule has 8 heteroatoms. The number of ether oxygens (including phenoxy) is 1. The zero-order valence-electron chi connectivity index (χ0n) is 15.9. The van der Waals surface area contributed by atoms with E-state index in [0.717, 1.165) is 22.4 Å². The maximum Gasteiger partial charge on any atom is 0.267 e. The minimum atomic E-state index is -1.02. The van der Waals surface area contributed by atoms with E-state index >= 15 is 0 Å². The van der Waals surface area contributed by atoms with Gasteiger partial charge in [-0.15, -0.1) is 0 Å². The van der Waals surface area contributed by atoms with Crippen molar-refractivity contribution in [3.8, 4) is 17.0 Å². The van der Waals surface area contributed by atoms with Gasteiger partial charge in [0.15, 0.2) is 0 Å². The maximum absolute atomic E-state index is 13.8. The van der Waals surface area contributed by atoms with E-state index in [9.17, 15) is 18.4 Å². The minimum absolute atomic E-state index is 0.182. The number of amides is 1. The third-order valence-corrected chi connectivity index (χ3v) is 4.22. The van der Waals surface area contributed by atoms with Crippen molar-refractivity contribution in [3.05, 3.63) is 76.6 Å². The lowest BCUT2D eigenvalue weighted by molar-refractivity contribution is -0.119. The van der Waals surface area contributed by atoms with Crippen molar-refractivity contribution in [1.82, 2.24) is 9.78 Å². The van der Waals surface area contributed by atoms with Crippen LogP contribution in [0, 0.1) is 11.6 Å². The molecule has 0 radical (unpaired) electrons. The fourth-order valence-corrected chi connectivity index (χ4v) is 2.68. The van der Waals surface area contributed by atoms with Crippen molar-refractivity contribution in [3.63, 3.8) is 0 Å². The first kappa shape index (κ1) is 20.2. The standard InChI is InChI=1S/C21H19F2N3O3/c1-3-29-16-7-4-14(5-8-16)18-10-11-20(27)26(25-18)13(2)21(28)24-19-9-6-15(22)12-17(19)23/h4-13H,3H2,1-2H3,(H,24,28)/t13-/m0/s1. The molecule has 3 aromatic rings. The van der Waals surface area contributed by atoms with Crippen molar-refractivity contribution < 1.29 is 18.3 Å². The van der Waals surface area contributed by atoms with Crippen LogP contribution in [0.1, 0.15) is 19.9 Å². The van der Waals surface area contributed by atoms with Gasteiger partial charge >= 0.3 is 0 Å². The molecule has 0 aliphatic rings. The highest BCUT2D eigenvalue weighted by molar-refractivity contribution is 5.93. The molecule has 0 saturated heterocycles. The molecule has 6 nitrogen and oxygen atoms in total. The van der Waals surface area contributed by atoms with Gasteiger partial charge in [-0.1, -0.05) is 0 Å². The lowest BCUT2D eigenvalue weighted by atomic mass is 10.1. The van der Waals surface area contributed by atoms with Crippen LogP contribution in [0.2, 0.25) is 0 Å². The number of nitrogens with zero attached hydrogens (tertiary/aromatic N) is 2. The predicted molar refractivity (Wildman–Crippen MR) is 105 cm³/mol. The second kappa shape index (κ2) is 8.64. The van der Waals surface area contributed by atoms with E-state index in [1.807, 2.05) is 6.92 Å². The third kappa shape index (κ3) is 4.66. The molecule has 1 amide bonds. The lowest BCUT2D eigenvalue weighted by Crippen LogP contribution is -2.33. The summed E-state index contributed by atoms with van der Waals surface area (Å²) >= 11 is 0. The molecule has 0 unspecified atom stereocenters. The molecular weight excluding hydrogens is 380 g/mol. The Balaban J connectivity index is 1.84. The Morgan fingerprint density at radius 3 is 2.52 bits per heavy atom. The molecule has 29 heavy (non-hydrogen) atoms. The second-order valence-corrected chi connectivity index (χ2v) is 6.25. The number of benzene rings is 2. The molecule has 1 N–H and O–H groups in total. The summed E-state index contributed by atoms with van der Waals surface area (Å²) in [4.78, 5) is 24.7. The van der Waals surface area contributed by atoms with E-state index in [1.54, 1.807) is 30.3 Å². The van der Waals surface area contributed by atoms with Gasteiger partial charge in [-0.3, -0.25) is 9.59 Å². The van der Waals surface area contributed by atoms with Gasteiger partial charge in [0.2, 0.25) is 5.91 Å². The van der Waals surface area contributed by atoms with Crippen molar-refractivity contribution in [2.45, 2.75) is 19.9 Å². The van der Waals surface area contributed by atoms with Gasteiger partial charge in [0.25, 0.3) is 5.56 Å². The Labute approximate surface area is 165 Å². The third-order valence-electron chi connectivity index (χ3n) is 4.22. The summed E-state index contributed by atoms with van der Waals surface area (Å²) in [6, 6.07) is 11.8. The summed E-state index contributed by atoms with van der Waals surface area (Å²) in [5.41, 5.74) is 0.556. The molecule has 0 saturated carbocycles. The van der Waals surface area contributed by atoms with Crippen LogP contribution < -0.4 is 15.6 Å². The van der Waals surface area contributed by atoms with Gasteiger partial charge in [0.1, 0.15) is 23.4 Å². The SMILES string of the molecule is CCOc1ccc(-c2ccc(=O)n([C@@H](C)C(=O)Nc3ccc(F)cc3F)n2)cc1. The van der Waals surface area contributed by atoms with Crippen molar-refractivity contribution >= 4 is 11.6 Å². The van der Waals surface area contributed by atoms with E-state index in [-0.39, 0.29) is 5.69 Å². The van der Waals surface area contributed by atoms with Crippen LogP contribution in [-0.2, 0) is 4.79 Å². The van der Waals surface area contributed by atoms with Crippen LogP contribution >= 0.6 is 0 Å². The molecule has 0 spiro atoms. The van der Waals surface area contributed by atoms with Crippen LogP contribution in [0.3, 0.4) is 0 Å². The van der Waals surface area contributed by atoms with Gasteiger partial charge < -0.3 is 10.1 Å². The van der Waals surface area contributed by atoms with E-state index < -0.39 is 29.1 Å². The number of nitrogens with one attached hydrogen (secondary N) is 1. The molecule has 150 valence electrons. The number of rotatable bonds is 6. The summed E-state index contributed by atoms with van der Waals surface area (Å²) in [6.07, 6.45) is 0. The van der Waals surface area contributed by atoms with Crippen LogP contribution in [0.4, 0.5) is 14.5 Å². The molecule has 0 bridgehead atoms. The smallest absolute Gasteiger partial charge is 0.267 e. The second-order valence-electron chi connectivity index (χ2n) is 6.25. The maximum atomic E-state index is 13.8. The number of anilines is 1. The monoisotopic (exact) mass is 399 g/mol. The Morgan fingerprint density at radius 2 is 1.86 bits per heavy atom. The number of hydrogen-bond donors (Lipinski definition) is 1. The fourth-order valence-electron chi connectivity index (χ4n) is 2.68. The van der Waals surface area contributed by atoms with Crippen molar-refractivity contribution in [1.29, 1.82) is 0 Å². The summed E-state index contributed by atoms with van der Waals surface area (Å²) in [5, 5.41) is 6.61. The Hall–Kier alpha value is -3.55. The molecule has 1 aromatic heterocycles. The number of hydrogen-bond acceptors (Lipinski definition) is 4. The van der Waals surface area contributed by atoms with Crippen LogP contribution in [-0.4, -0.2) is 22.3 Å². The van der Waals surface area contributed by atoms with E-state index in [0.29, 0.717) is 24.1 Å². The minimum Gasteiger partial charge on any atom is -0.494 e.